The van der Waals surface area contributed by atoms with E-state index in [1.54, 1.807) is 0 Å². The van der Waals surface area contributed by atoms with Crippen molar-refractivity contribution >= 4 is 11.9 Å². The van der Waals surface area contributed by atoms with Crippen molar-refractivity contribution in [2.45, 2.75) is 58.2 Å². The van der Waals surface area contributed by atoms with Gasteiger partial charge in [-0.3, -0.25) is 9.59 Å². The molecule has 0 radical (unpaired) electrons. The van der Waals surface area contributed by atoms with E-state index in [1.807, 2.05) is 30.3 Å². The van der Waals surface area contributed by atoms with Crippen molar-refractivity contribution < 1.29 is 14.3 Å². The summed E-state index contributed by atoms with van der Waals surface area (Å²) in [5.41, 5.74) is 6.78. The van der Waals surface area contributed by atoms with Gasteiger partial charge in [0, 0.05) is 6.04 Å². The Bertz CT molecular complexity index is 547. The Morgan fingerprint density at radius 3 is 2.67 bits per heavy atom. The van der Waals surface area contributed by atoms with Gasteiger partial charge in [0.05, 0.1) is 12.5 Å². The number of nitrogens with one attached hydrogen (secondary N) is 1. The lowest BCUT2D eigenvalue weighted by molar-refractivity contribution is -0.146. The van der Waals surface area contributed by atoms with E-state index in [0.717, 1.165) is 18.4 Å². The van der Waals surface area contributed by atoms with Crippen LogP contribution >= 0.6 is 0 Å². The normalized spacial score (nSPS) is 24.9. The Labute approximate surface area is 143 Å². The van der Waals surface area contributed by atoms with Crippen molar-refractivity contribution in [2.75, 3.05) is 0 Å². The van der Waals surface area contributed by atoms with Crippen LogP contribution in [0.4, 0.5) is 0 Å². The summed E-state index contributed by atoms with van der Waals surface area (Å²) in [4.78, 5) is 24.1. The molecule has 24 heavy (non-hydrogen) atoms. The molecule has 0 heterocycles. The van der Waals surface area contributed by atoms with Crippen LogP contribution in [0.5, 0.6) is 0 Å². The number of rotatable bonds is 6. The third-order valence-electron chi connectivity index (χ3n) is 5.00. The first-order valence-corrected chi connectivity index (χ1v) is 8.73. The molecule has 1 amide bonds. The van der Waals surface area contributed by atoms with E-state index in [4.69, 9.17) is 10.5 Å². The van der Waals surface area contributed by atoms with Gasteiger partial charge in [0.1, 0.15) is 6.61 Å². The van der Waals surface area contributed by atoms with Crippen LogP contribution in [0.3, 0.4) is 0 Å². The molecule has 3 unspecified atom stereocenters. The quantitative estimate of drug-likeness (QED) is 0.784. The third kappa shape index (κ3) is 5.34. The molecule has 5 nitrogen and oxygen atoms in total. The summed E-state index contributed by atoms with van der Waals surface area (Å²) in [5.74, 6) is 0.306. The number of carbonyl (C=O) groups is 2. The molecule has 0 aromatic heterocycles. The molecule has 0 spiro atoms. The molecule has 1 saturated carbocycles. The number of hydrogen-bond acceptors (Lipinski definition) is 4. The molecule has 3 N–H and O–H groups in total. The lowest BCUT2D eigenvalue weighted by Gasteiger charge is -2.35. The second kappa shape index (κ2) is 8.83. The minimum atomic E-state index is -0.863. The maximum atomic E-state index is 12.2. The standard InChI is InChI=1S/C19H28N2O3/c1-13-7-6-10-17(14(13)2)21-19(23)16(20)11-18(22)24-12-15-8-4-3-5-9-15/h3-5,8-9,13-14,16-17H,6-7,10-12,20H2,1-2H3,(H,21,23)/t13?,14?,16-,17?/m0/s1. The Morgan fingerprint density at radius 2 is 1.96 bits per heavy atom. The topological polar surface area (TPSA) is 81.4 Å². The predicted molar refractivity (Wildman–Crippen MR) is 92.9 cm³/mol. The summed E-state index contributed by atoms with van der Waals surface area (Å²) < 4.78 is 5.18. The van der Waals surface area contributed by atoms with Crippen LogP contribution in [0.25, 0.3) is 0 Å². The van der Waals surface area contributed by atoms with Crippen molar-refractivity contribution in [3.05, 3.63) is 35.9 Å². The van der Waals surface area contributed by atoms with Gasteiger partial charge in [-0.1, -0.05) is 57.0 Å². The van der Waals surface area contributed by atoms with Crippen molar-refractivity contribution in [3.63, 3.8) is 0 Å². The van der Waals surface area contributed by atoms with E-state index in [2.05, 4.69) is 19.2 Å². The predicted octanol–water partition coefficient (Wildman–Crippen LogP) is 2.39. The molecule has 1 aromatic rings. The lowest BCUT2D eigenvalue weighted by atomic mass is 9.78. The van der Waals surface area contributed by atoms with Gasteiger partial charge in [-0.2, -0.15) is 0 Å². The van der Waals surface area contributed by atoms with Gasteiger partial charge in [0.2, 0.25) is 5.91 Å². The van der Waals surface area contributed by atoms with Crippen LogP contribution in [0.15, 0.2) is 30.3 Å². The first-order valence-electron chi connectivity index (χ1n) is 8.73. The third-order valence-corrected chi connectivity index (χ3v) is 5.00. The molecule has 4 atom stereocenters. The van der Waals surface area contributed by atoms with Crippen LogP contribution in [-0.2, 0) is 20.9 Å². The summed E-state index contributed by atoms with van der Waals surface area (Å²) in [6.07, 6.45) is 3.19. The summed E-state index contributed by atoms with van der Waals surface area (Å²) >= 11 is 0. The zero-order valence-electron chi connectivity index (χ0n) is 14.5. The fourth-order valence-corrected chi connectivity index (χ4v) is 3.14. The van der Waals surface area contributed by atoms with E-state index in [-0.39, 0.29) is 25.0 Å². The number of esters is 1. The van der Waals surface area contributed by atoms with Crippen LogP contribution < -0.4 is 11.1 Å². The van der Waals surface area contributed by atoms with Crippen molar-refractivity contribution in [1.82, 2.24) is 5.32 Å². The first kappa shape index (κ1) is 18.5. The number of carbonyl (C=O) groups excluding carboxylic acids is 2. The average Bonchev–Trinajstić information content (AvgIpc) is 2.58. The summed E-state index contributed by atoms with van der Waals surface area (Å²) in [7, 11) is 0. The summed E-state index contributed by atoms with van der Waals surface area (Å²) in [6, 6.07) is 8.71. The number of benzene rings is 1. The molecule has 5 heteroatoms. The van der Waals surface area contributed by atoms with Crippen LogP contribution in [0.1, 0.15) is 45.1 Å². The van der Waals surface area contributed by atoms with E-state index in [1.165, 1.54) is 6.42 Å². The van der Waals surface area contributed by atoms with Gasteiger partial charge < -0.3 is 15.8 Å². The smallest absolute Gasteiger partial charge is 0.308 e. The Kier molecular flexibility index (Phi) is 6.79. The van der Waals surface area contributed by atoms with E-state index < -0.39 is 12.0 Å². The van der Waals surface area contributed by atoms with Crippen molar-refractivity contribution in [2.24, 2.45) is 17.6 Å². The van der Waals surface area contributed by atoms with Gasteiger partial charge in [-0.05, 0) is 23.8 Å². The molecule has 0 aliphatic heterocycles. The fourth-order valence-electron chi connectivity index (χ4n) is 3.14. The van der Waals surface area contributed by atoms with E-state index in [0.29, 0.717) is 11.8 Å². The highest BCUT2D eigenvalue weighted by molar-refractivity contribution is 5.86. The van der Waals surface area contributed by atoms with Crippen molar-refractivity contribution in [3.8, 4) is 0 Å². The van der Waals surface area contributed by atoms with Gasteiger partial charge in [0.25, 0.3) is 0 Å². The highest BCUT2D eigenvalue weighted by Gasteiger charge is 2.30. The number of hydrogen-bond donors (Lipinski definition) is 2. The maximum Gasteiger partial charge on any atom is 0.308 e. The van der Waals surface area contributed by atoms with E-state index >= 15 is 0 Å². The number of nitrogens with two attached hydrogens (primary N) is 1. The maximum absolute atomic E-state index is 12.2. The molecular weight excluding hydrogens is 304 g/mol. The highest BCUT2D eigenvalue weighted by Crippen LogP contribution is 2.29. The molecular formula is C19H28N2O3. The minimum Gasteiger partial charge on any atom is -0.461 e. The molecule has 0 saturated heterocycles. The zero-order chi connectivity index (χ0) is 17.5. The molecule has 1 aromatic carbocycles. The lowest BCUT2D eigenvalue weighted by Crippen LogP contribution is -2.50. The molecule has 2 rings (SSSR count). The second-order valence-corrected chi connectivity index (χ2v) is 6.84. The van der Waals surface area contributed by atoms with Crippen LogP contribution in [0, 0.1) is 11.8 Å². The minimum absolute atomic E-state index is 0.102. The van der Waals surface area contributed by atoms with Gasteiger partial charge in [-0.25, -0.2) is 0 Å². The van der Waals surface area contributed by atoms with E-state index in [9.17, 15) is 9.59 Å². The van der Waals surface area contributed by atoms with Gasteiger partial charge >= 0.3 is 5.97 Å². The Morgan fingerprint density at radius 1 is 1.25 bits per heavy atom. The zero-order valence-corrected chi connectivity index (χ0v) is 14.5. The highest BCUT2D eigenvalue weighted by atomic mass is 16.5. The van der Waals surface area contributed by atoms with Gasteiger partial charge in [0.15, 0.2) is 0 Å². The molecule has 132 valence electrons. The average molecular weight is 332 g/mol. The fraction of sp³-hybridized carbons (Fsp3) is 0.579. The Hall–Kier alpha value is -1.88. The number of amides is 1. The monoisotopic (exact) mass is 332 g/mol. The Balaban J connectivity index is 1.75. The van der Waals surface area contributed by atoms with Crippen LogP contribution in [0.2, 0.25) is 0 Å². The van der Waals surface area contributed by atoms with Gasteiger partial charge in [-0.15, -0.1) is 0 Å². The molecule has 0 bridgehead atoms. The summed E-state index contributed by atoms with van der Waals surface area (Å²) in [5, 5.41) is 3.01. The number of ether oxygens (including phenoxy) is 1. The molecule has 1 aliphatic carbocycles. The molecule has 1 fully saturated rings. The van der Waals surface area contributed by atoms with Crippen molar-refractivity contribution in [1.29, 1.82) is 0 Å². The largest absolute Gasteiger partial charge is 0.461 e. The van der Waals surface area contributed by atoms with Crippen LogP contribution in [-0.4, -0.2) is 24.0 Å². The molecule has 1 aliphatic rings. The SMILES string of the molecule is CC1CCCC(NC(=O)[C@@H](N)CC(=O)OCc2ccccc2)C1C. The summed E-state index contributed by atoms with van der Waals surface area (Å²) in [6.45, 7) is 4.57. The first-order chi connectivity index (χ1) is 11.5. The second-order valence-electron chi connectivity index (χ2n) is 6.84.